The summed E-state index contributed by atoms with van der Waals surface area (Å²) in [6.45, 7) is 2.02. The molecular formula is C14H15N3O4. The molecule has 0 saturated heterocycles. The number of para-hydroxylation sites is 1. The SMILES string of the molecule is CCOC(=O)CCC1C(=O)Nc2cccc3[nH]c(=O)n1c23. The molecule has 1 aliphatic rings. The van der Waals surface area contributed by atoms with E-state index in [1.54, 1.807) is 25.1 Å². The molecule has 1 aliphatic heterocycles. The first-order chi connectivity index (χ1) is 10.1. The van der Waals surface area contributed by atoms with Crippen LogP contribution in [-0.4, -0.2) is 28.0 Å². The average molecular weight is 289 g/mol. The molecule has 0 saturated carbocycles. The van der Waals surface area contributed by atoms with Crippen molar-refractivity contribution in [1.82, 2.24) is 9.55 Å². The van der Waals surface area contributed by atoms with Gasteiger partial charge in [0.1, 0.15) is 6.04 Å². The molecule has 1 amide bonds. The maximum Gasteiger partial charge on any atom is 0.327 e. The predicted octanol–water partition coefficient (Wildman–Crippen LogP) is 1.17. The second-order valence-corrected chi connectivity index (χ2v) is 4.85. The molecule has 1 unspecified atom stereocenters. The van der Waals surface area contributed by atoms with Crippen LogP contribution in [0.25, 0.3) is 11.0 Å². The monoisotopic (exact) mass is 289 g/mol. The van der Waals surface area contributed by atoms with Gasteiger partial charge in [-0.05, 0) is 25.5 Å². The molecule has 21 heavy (non-hydrogen) atoms. The van der Waals surface area contributed by atoms with Gasteiger partial charge in [-0.25, -0.2) is 4.79 Å². The number of nitrogens with zero attached hydrogens (tertiary/aromatic N) is 1. The normalized spacial score (nSPS) is 16.8. The van der Waals surface area contributed by atoms with Crippen LogP contribution < -0.4 is 11.0 Å². The molecule has 1 aromatic carbocycles. The number of carbonyl (C=O) groups excluding carboxylic acids is 2. The van der Waals surface area contributed by atoms with Gasteiger partial charge in [0.2, 0.25) is 5.91 Å². The van der Waals surface area contributed by atoms with Crippen LogP contribution in [-0.2, 0) is 14.3 Å². The van der Waals surface area contributed by atoms with Crippen LogP contribution in [0.4, 0.5) is 5.69 Å². The van der Waals surface area contributed by atoms with Crippen molar-refractivity contribution in [3.8, 4) is 0 Å². The Bertz CT molecular complexity index is 774. The fourth-order valence-electron chi connectivity index (χ4n) is 2.66. The number of hydrogen-bond acceptors (Lipinski definition) is 4. The third-order valence-corrected chi connectivity index (χ3v) is 3.54. The van der Waals surface area contributed by atoms with E-state index in [4.69, 9.17) is 4.74 Å². The molecule has 2 N–H and O–H groups in total. The van der Waals surface area contributed by atoms with Gasteiger partial charge in [-0.3, -0.25) is 14.2 Å². The standard InChI is InChI=1S/C14H15N3O4/c1-2-21-11(18)7-6-10-13(19)15-8-4-3-5-9-12(8)17(10)14(20)16-9/h3-5,10H,2,6-7H2,1H3,(H,15,19)(H,16,20). The topological polar surface area (TPSA) is 93.2 Å². The number of amides is 1. The Balaban J connectivity index is 1.97. The van der Waals surface area contributed by atoms with Gasteiger partial charge in [-0.2, -0.15) is 0 Å². The van der Waals surface area contributed by atoms with E-state index in [-0.39, 0.29) is 30.4 Å². The van der Waals surface area contributed by atoms with Gasteiger partial charge in [0.25, 0.3) is 0 Å². The summed E-state index contributed by atoms with van der Waals surface area (Å²) < 4.78 is 6.28. The zero-order chi connectivity index (χ0) is 15.0. The molecule has 0 spiro atoms. The number of rotatable bonds is 4. The number of esters is 1. The summed E-state index contributed by atoms with van der Waals surface area (Å²) in [7, 11) is 0. The highest BCUT2D eigenvalue weighted by atomic mass is 16.5. The van der Waals surface area contributed by atoms with Crippen LogP contribution in [0, 0.1) is 0 Å². The van der Waals surface area contributed by atoms with E-state index in [1.165, 1.54) is 4.57 Å². The highest BCUT2D eigenvalue weighted by Crippen LogP contribution is 2.30. The first kappa shape index (κ1) is 13.4. The second kappa shape index (κ2) is 5.08. The van der Waals surface area contributed by atoms with Crippen LogP contribution in [0.2, 0.25) is 0 Å². The lowest BCUT2D eigenvalue weighted by molar-refractivity contribution is -0.143. The summed E-state index contributed by atoms with van der Waals surface area (Å²) in [4.78, 5) is 38.4. The summed E-state index contributed by atoms with van der Waals surface area (Å²) in [5, 5.41) is 2.77. The summed E-state index contributed by atoms with van der Waals surface area (Å²) >= 11 is 0. The predicted molar refractivity (Wildman–Crippen MR) is 76.1 cm³/mol. The maximum atomic E-state index is 12.2. The minimum Gasteiger partial charge on any atom is -0.466 e. The van der Waals surface area contributed by atoms with Gasteiger partial charge < -0.3 is 15.0 Å². The molecule has 3 rings (SSSR count). The van der Waals surface area contributed by atoms with Crippen molar-refractivity contribution < 1.29 is 14.3 Å². The second-order valence-electron chi connectivity index (χ2n) is 4.85. The van der Waals surface area contributed by atoms with Crippen molar-refractivity contribution in [2.24, 2.45) is 0 Å². The lowest BCUT2D eigenvalue weighted by atomic mass is 10.1. The number of anilines is 1. The van der Waals surface area contributed by atoms with Crippen molar-refractivity contribution in [2.75, 3.05) is 11.9 Å². The fourth-order valence-corrected chi connectivity index (χ4v) is 2.66. The molecule has 7 nitrogen and oxygen atoms in total. The first-order valence-corrected chi connectivity index (χ1v) is 6.81. The van der Waals surface area contributed by atoms with Crippen LogP contribution in [0.1, 0.15) is 25.8 Å². The lowest BCUT2D eigenvalue weighted by Gasteiger charge is -2.23. The maximum absolute atomic E-state index is 12.2. The minimum atomic E-state index is -0.703. The van der Waals surface area contributed by atoms with E-state index in [1.807, 2.05) is 0 Å². The largest absolute Gasteiger partial charge is 0.466 e. The summed E-state index contributed by atoms with van der Waals surface area (Å²) in [5.41, 5.74) is 1.58. The van der Waals surface area contributed by atoms with Gasteiger partial charge in [0.15, 0.2) is 0 Å². The number of aromatic nitrogens is 2. The number of nitrogens with one attached hydrogen (secondary N) is 2. The Labute approximate surface area is 119 Å². The molecule has 0 fully saturated rings. The van der Waals surface area contributed by atoms with Gasteiger partial charge in [0.05, 0.1) is 23.3 Å². The zero-order valence-corrected chi connectivity index (χ0v) is 11.5. The van der Waals surface area contributed by atoms with Crippen LogP contribution >= 0.6 is 0 Å². The van der Waals surface area contributed by atoms with E-state index in [9.17, 15) is 14.4 Å². The number of benzene rings is 1. The number of ether oxygens (including phenoxy) is 1. The van der Waals surface area contributed by atoms with Gasteiger partial charge in [0, 0.05) is 6.42 Å². The number of imidazole rings is 1. The van der Waals surface area contributed by atoms with Crippen LogP contribution in [0.5, 0.6) is 0 Å². The highest BCUT2D eigenvalue weighted by molar-refractivity contribution is 6.05. The Morgan fingerprint density at radius 1 is 1.38 bits per heavy atom. The summed E-state index contributed by atoms with van der Waals surface area (Å²) in [5.74, 6) is -0.662. The van der Waals surface area contributed by atoms with Crippen molar-refractivity contribution in [2.45, 2.75) is 25.8 Å². The van der Waals surface area contributed by atoms with E-state index in [0.717, 1.165) is 0 Å². The Kier molecular flexibility index (Phi) is 3.25. The van der Waals surface area contributed by atoms with Crippen molar-refractivity contribution in [1.29, 1.82) is 0 Å². The van der Waals surface area contributed by atoms with E-state index in [2.05, 4.69) is 10.3 Å². The first-order valence-electron chi connectivity index (χ1n) is 6.81. The van der Waals surface area contributed by atoms with Gasteiger partial charge >= 0.3 is 11.7 Å². The molecule has 1 atom stereocenters. The number of carbonyl (C=O) groups is 2. The van der Waals surface area contributed by atoms with Gasteiger partial charge in [-0.1, -0.05) is 6.07 Å². The quantitative estimate of drug-likeness (QED) is 0.826. The molecular weight excluding hydrogens is 274 g/mol. The Morgan fingerprint density at radius 3 is 2.95 bits per heavy atom. The molecule has 0 aliphatic carbocycles. The fraction of sp³-hybridized carbons (Fsp3) is 0.357. The molecule has 110 valence electrons. The number of hydrogen-bond donors (Lipinski definition) is 2. The smallest absolute Gasteiger partial charge is 0.327 e. The summed E-state index contributed by atoms with van der Waals surface area (Å²) in [6, 6.07) is 4.57. The Hall–Kier alpha value is -2.57. The van der Waals surface area contributed by atoms with Crippen molar-refractivity contribution in [3.63, 3.8) is 0 Å². The van der Waals surface area contributed by atoms with Crippen LogP contribution in [0.15, 0.2) is 23.0 Å². The van der Waals surface area contributed by atoms with E-state index < -0.39 is 6.04 Å². The third-order valence-electron chi connectivity index (χ3n) is 3.54. The summed E-state index contributed by atoms with van der Waals surface area (Å²) in [6.07, 6.45) is 0.319. The molecule has 2 heterocycles. The Morgan fingerprint density at radius 2 is 2.19 bits per heavy atom. The highest BCUT2D eigenvalue weighted by Gasteiger charge is 2.30. The number of H-pyrrole nitrogens is 1. The van der Waals surface area contributed by atoms with Crippen molar-refractivity contribution >= 4 is 28.6 Å². The molecule has 0 bridgehead atoms. The molecule has 1 aromatic heterocycles. The van der Waals surface area contributed by atoms with Crippen LogP contribution in [0.3, 0.4) is 0 Å². The molecule has 2 aromatic rings. The van der Waals surface area contributed by atoms with E-state index in [0.29, 0.717) is 23.3 Å². The minimum absolute atomic E-state index is 0.0905. The zero-order valence-electron chi connectivity index (χ0n) is 11.5. The molecule has 0 radical (unpaired) electrons. The van der Waals surface area contributed by atoms with Crippen molar-refractivity contribution in [3.05, 3.63) is 28.7 Å². The average Bonchev–Trinajstić information content (AvgIpc) is 2.77. The lowest BCUT2D eigenvalue weighted by Crippen LogP contribution is -2.35. The molecule has 7 heteroatoms. The number of aromatic amines is 1. The third kappa shape index (κ3) is 2.20. The van der Waals surface area contributed by atoms with Gasteiger partial charge in [-0.15, -0.1) is 0 Å². The van der Waals surface area contributed by atoms with E-state index >= 15 is 0 Å².